The summed E-state index contributed by atoms with van der Waals surface area (Å²) in [4.78, 5) is 32.6. The molecule has 3 saturated heterocycles. The molecule has 0 radical (unpaired) electrons. The summed E-state index contributed by atoms with van der Waals surface area (Å²) >= 11 is 0. The lowest BCUT2D eigenvalue weighted by Gasteiger charge is -2.36. The molecule has 0 saturated carbocycles. The van der Waals surface area contributed by atoms with E-state index in [9.17, 15) is 9.59 Å². The Morgan fingerprint density at radius 3 is 2.55 bits per heavy atom. The summed E-state index contributed by atoms with van der Waals surface area (Å²) in [6.07, 6.45) is 6.72. The van der Waals surface area contributed by atoms with E-state index < -0.39 is 6.04 Å². The number of piperidine rings is 2. The van der Waals surface area contributed by atoms with Crippen LogP contribution in [0.15, 0.2) is 18.3 Å². The zero-order valence-electron chi connectivity index (χ0n) is 17.0. The first-order chi connectivity index (χ1) is 14.2. The molecule has 0 aliphatic carbocycles. The summed E-state index contributed by atoms with van der Waals surface area (Å²) < 4.78 is 0. The third kappa shape index (κ3) is 5.45. The minimum atomic E-state index is -0.394. The van der Waals surface area contributed by atoms with Gasteiger partial charge in [0.15, 0.2) is 0 Å². The highest BCUT2D eigenvalue weighted by Gasteiger charge is 2.26. The van der Waals surface area contributed by atoms with Crippen molar-refractivity contribution in [2.24, 2.45) is 5.92 Å². The van der Waals surface area contributed by atoms with Gasteiger partial charge in [-0.25, -0.2) is 4.98 Å². The number of carbonyl (C=O) groups excluding carboxylic acids is 2. The van der Waals surface area contributed by atoms with Crippen LogP contribution in [0.1, 0.15) is 32.1 Å². The number of anilines is 2. The first-order valence-electron chi connectivity index (χ1n) is 10.9. The molecule has 3 aliphatic rings. The fourth-order valence-electron chi connectivity index (χ4n) is 4.43. The maximum absolute atomic E-state index is 11.9. The second-order valence-corrected chi connectivity index (χ2v) is 8.36. The molecule has 1 atom stereocenters. The number of amides is 2. The molecule has 3 N–H and O–H groups in total. The lowest BCUT2D eigenvalue weighted by molar-refractivity contribution is -0.133. The van der Waals surface area contributed by atoms with Gasteiger partial charge in [0.1, 0.15) is 11.9 Å². The van der Waals surface area contributed by atoms with E-state index in [4.69, 9.17) is 0 Å². The van der Waals surface area contributed by atoms with Crippen LogP contribution in [0.3, 0.4) is 0 Å². The van der Waals surface area contributed by atoms with Crippen LogP contribution in [-0.2, 0) is 9.59 Å². The van der Waals surface area contributed by atoms with Gasteiger partial charge in [0.05, 0.1) is 11.9 Å². The quantitative estimate of drug-likeness (QED) is 0.609. The van der Waals surface area contributed by atoms with Crippen LogP contribution in [0.5, 0.6) is 0 Å². The Morgan fingerprint density at radius 1 is 1.07 bits per heavy atom. The van der Waals surface area contributed by atoms with Crippen molar-refractivity contribution in [1.82, 2.24) is 20.5 Å². The van der Waals surface area contributed by atoms with Crippen LogP contribution in [0, 0.1) is 5.92 Å². The topological polar surface area (TPSA) is 89.6 Å². The highest BCUT2D eigenvalue weighted by atomic mass is 16.2. The Morgan fingerprint density at radius 2 is 1.86 bits per heavy atom. The van der Waals surface area contributed by atoms with Gasteiger partial charge in [0, 0.05) is 32.6 Å². The van der Waals surface area contributed by atoms with Crippen molar-refractivity contribution in [3.8, 4) is 0 Å². The molecule has 3 fully saturated rings. The van der Waals surface area contributed by atoms with Crippen molar-refractivity contribution in [2.45, 2.75) is 38.1 Å². The Kier molecular flexibility index (Phi) is 6.61. The third-order valence-corrected chi connectivity index (χ3v) is 6.36. The maximum Gasteiger partial charge on any atom is 0.249 e. The summed E-state index contributed by atoms with van der Waals surface area (Å²) in [7, 11) is 0. The normalized spacial score (nSPS) is 24.4. The minimum Gasteiger partial charge on any atom is -0.368 e. The molecule has 1 aromatic rings. The Hall–Kier alpha value is -2.19. The molecule has 4 rings (SSSR count). The third-order valence-electron chi connectivity index (χ3n) is 6.36. The van der Waals surface area contributed by atoms with Gasteiger partial charge in [-0.15, -0.1) is 0 Å². The van der Waals surface area contributed by atoms with E-state index in [-0.39, 0.29) is 11.8 Å². The first-order valence-corrected chi connectivity index (χ1v) is 10.9. The van der Waals surface area contributed by atoms with Gasteiger partial charge in [0.25, 0.3) is 0 Å². The Bertz CT molecular complexity index is 696. The van der Waals surface area contributed by atoms with Crippen LogP contribution in [0.4, 0.5) is 11.5 Å². The molecule has 0 aromatic carbocycles. The van der Waals surface area contributed by atoms with Gasteiger partial charge in [-0.05, 0) is 63.4 Å². The first kappa shape index (κ1) is 20.1. The summed E-state index contributed by atoms with van der Waals surface area (Å²) in [5.74, 6) is 1.09. The van der Waals surface area contributed by atoms with Crippen molar-refractivity contribution in [2.75, 3.05) is 56.0 Å². The minimum absolute atomic E-state index is 0.203. The Balaban J connectivity index is 1.21. The van der Waals surface area contributed by atoms with Crippen LogP contribution < -0.4 is 20.9 Å². The lowest BCUT2D eigenvalue weighted by atomic mass is 9.94. The van der Waals surface area contributed by atoms with Crippen LogP contribution >= 0.6 is 0 Å². The molecular formula is C21H32N6O2. The van der Waals surface area contributed by atoms with Crippen LogP contribution in [0.25, 0.3) is 0 Å². The number of carbonyl (C=O) groups is 2. The standard InChI is InChI=1S/C21H32N6O2/c28-20-4-2-18(21(29)25-20)24-19-3-1-17(15-23-19)27-13-11-26(12-14-27)10-7-16-5-8-22-9-6-16/h1,3,15-16,18,22H,2,4-14H2,(H,23,24)(H,25,28,29). The van der Waals surface area contributed by atoms with Crippen molar-refractivity contribution in [3.63, 3.8) is 0 Å². The smallest absolute Gasteiger partial charge is 0.249 e. The predicted molar refractivity (Wildman–Crippen MR) is 113 cm³/mol. The lowest BCUT2D eigenvalue weighted by Crippen LogP contribution is -2.47. The van der Waals surface area contributed by atoms with Crippen LogP contribution in [-0.4, -0.2) is 73.6 Å². The molecule has 0 bridgehead atoms. The van der Waals surface area contributed by atoms with E-state index >= 15 is 0 Å². The second kappa shape index (κ2) is 9.54. The van der Waals surface area contributed by atoms with Gasteiger partial charge in [-0.3, -0.25) is 19.8 Å². The fourth-order valence-corrected chi connectivity index (χ4v) is 4.43. The maximum atomic E-state index is 11.9. The fraction of sp³-hybridized carbons (Fsp3) is 0.667. The number of pyridine rings is 1. The highest BCUT2D eigenvalue weighted by molar-refractivity contribution is 6.01. The second-order valence-electron chi connectivity index (χ2n) is 8.36. The number of rotatable bonds is 6. The highest BCUT2D eigenvalue weighted by Crippen LogP contribution is 2.20. The van der Waals surface area contributed by atoms with E-state index in [1.54, 1.807) is 0 Å². The predicted octanol–water partition coefficient (Wildman–Crippen LogP) is 0.810. The van der Waals surface area contributed by atoms with E-state index in [0.717, 1.165) is 37.8 Å². The molecule has 3 aliphatic heterocycles. The molecule has 2 amide bonds. The van der Waals surface area contributed by atoms with E-state index in [1.807, 2.05) is 12.3 Å². The molecule has 8 nitrogen and oxygen atoms in total. The molecule has 1 unspecified atom stereocenters. The summed E-state index contributed by atoms with van der Waals surface area (Å²) in [6.45, 7) is 7.81. The number of aromatic nitrogens is 1. The number of hydrogen-bond acceptors (Lipinski definition) is 7. The molecular weight excluding hydrogens is 368 g/mol. The molecule has 0 spiro atoms. The zero-order chi connectivity index (χ0) is 20.1. The van der Waals surface area contributed by atoms with Gasteiger partial charge < -0.3 is 15.5 Å². The van der Waals surface area contributed by atoms with Gasteiger partial charge >= 0.3 is 0 Å². The summed E-state index contributed by atoms with van der Waals surface area (Å²) in [5.41, 5.74) is 1.12. The van der Waals surface area contributed by atoms with Crippen molar-refractivity contribution in [1.29, 1.82) is 0 Å². The van der Waals surface area contributed by atoms with Crippen LogP contribution in [0.2, 0.25) is 0 Å². The summed E-state index contributed by atoms with van der Waals surface area (Å²) in [6, 6.07) is 3.59. The zero-order valence-corrected chi connectivity index (χ0v) is 17.0. The van der Waals surface area contributed by atoms with E-state index in [2.05, 4.69) is 36.8 Å². The van der Waals surface area contributed by atoms with Gasteiger partial charge in [-0.2, -0.15) is 0 Å². The number of nitrogens with one attached hydrogen (secondary N) is 3. The number of imide groups is 1. The average molecular weight is 401 g/mol. The number of nitrogens with zero attached hydrogens (tertiary/aromatic N) is 3. The number of hydrogen-bond donors (Lipinski definition) is 3. The van der Waals surface area contributed by atoms with Gasteiger partial charge in [-0.1, -0.05) is 0 Å². The largest absolute Gasteiger partial charge is 0.368 e. The molecule has 8 heteroatoms. The van der Waals surface area contributed by atoms with E-state index in [1.165, 1.54) is 38.9 Å². The average Bonchev–Trinajstić information content (AvgIpc) is 2.76. The van der Waals surface area contributed by atoms with Gasteiger partial charge in [0.2, 0.25) is 11.8 Å². The van der Waals surface area contributed by atoms with E-state index in [0.29, 0.717) is 18.7 Å². The van der Waals surface area contributed by atoms with Crippen molar-refractivity contribution >= 4 is 23.3 Å². The molecule has 1 aromatic heterocycles. The molecule has 4 heterocycles. The molecule has 29 heavy (non-hydrogen) atoms. The van der Waals surface area contributed by atoms with Crippen molar-refractivity contribution < 1.29 is 9.59 Å². The van der Waals surface area contributed by atoms with Crippen molar-refractivity contribution in [3.05, 3.63) is 18.3 Å². The summed E-state index contributed by atoms with van der Waals surface area (Å²) in [5, 5.41) is 8.94. The number of piperazine rings is 1. The monoisotopic (exact) mass is 400 g/mol. The SMILES string of the molecule is O=C1CCC(Nc2ccc(N3CCN(CCC4CCNCC4)CC3)cn2)C(=O)N1. The molecule has 158 valence electrons. The Labute approximate surface area is 172 Å².